The van der Waals surface area contributed by atoms with E-state index in [1.807, 2.05) is 12.1 Å². The Morgan fingerprint density at radius 2 is 2.33 bits per heavy atom. The highest BCUT2D eigenvalue weighted by atomic mass is 16.5. The van der Waals surface area contributed by atoms with Crippen LogP contribution in [0.5, 0.6) is 5.75 Å². The molecule has 0 aliphatic carbocycles. The van der Waals surface area contributed by atoms with Crippen LogP contribution in [0.2, 0.25) is 0 Å². The average molecular weight is 203 g/mol. The van der Waals surface area contributed by atoms with Gasteiger partial charge in [-0.2, -0.15) is 0 Å². The third kappa shape index (κ3) is 1.04. The largest absolute Gasteiger partial charge is 0.492 e. The Labute approximate surface area is 87.7 Å². The minimum absolute atomic E-state index is 0.680. The van der Waals surface area contributed by atoms with E-state index < -0.39 is 0 Å². The molecule has 1 aliphatic heterocycles. The molecule has 78 valence electrons. The van der Waals surface area contributed by atoms with Crippen LogP contribution in [0, 0.1) is 0 Å². The Morgan fingerprint density at radius 1 is 1.47 bits per heavy atom. The molecule has 3 rings (SSSR count). The zero-order chi connectivity index (χ0) is 10.4. The van der Waals surface area contributed by atoms with E-state index >= 15 is 0 Å². The highest BCUT2D eigenvalue weighted by Gasteiger charge is 2.19. The van der Waals surface area contributed by atoms with E-state index in [-0.39, 0.29) is 0 Å². The number of benzene rings is 1. The molecule has 4 nitrogen and oxygen atoms in total. The number of imidazole rings is 1. The lowest BCUT2D eigenvalue weighted by Crippen LogP contribution is -1.97. The Bertz CT molecular complexity index is 530. The van der Waals surface area contributed by atoms with Gasteiger partial charge in [0, 0.05) is 13.0 Å². The Kier molecular flexibility index (Phi) is 1.65. The fourth-order valence-electron chi connectivity index (χ4n) is 2.30. The van der Waals surface area contributed by atoms with E-state index in [1.54, 1.807) is 7.11 Å². The molecule has 0 atom stereocenters. The average Bonchev–Trinajstić information content (AvgIpc) is 2.78. The number of nitrogens with zero attached hydrogens (tertiary/aromatic N) is 2. The van der Waals surface area contributed by atoms with Gasteiger partial charge in [-0.25, -0.2) is 4.98 Å². The second-order valence-corrected chi connectivity index (χ2v) is 3.84. The summed E-state index contributed by atoms with van der Waals surface area (Å²) in [5.74, 6) is 1.90. The fraction of sp³-hybridized carbons (Fsp3) is 0.364. The van der Waals surface area contributed by atoms with Gasteiger partial charge in [0.25, 0.3) is 0 Å². The number of fused-ring (bicyclic) bond motifs is 3. The standard InChI is InChI=1S/C11H13N3O/c1-15-11-7(12)4-5-8-10(11)14-6-2-3-9(14)13-8/h4-5H,2-3,6,12H2,1H3. The van der Waals surface area contributed by atoms with Gasteiger partial charge in [0.2, 0.25) is 0 Å². The van der Waals surface area contributed by atoms with Crippen LogP contribution in [-0.2, 0) is 13.0 Å². The van der Waals surface area contributed by atoms with Crippen molar-refractivity contribution >= 4 is 16.7 Å². The molecule has 0 bridgehead atoms. The highest BCUT2D eigenvalue weighted by Crippen LogP contribution is 2.34. The van der Waals surface area contributed by atoms with E-state index in [9.17, 15) is 0 Å². The number of aryl methyl sites for hydroxylation is 2. The lowest BCUT2D eigenvalue weighted by molar-refractivity contribution is 0.419. The molecule has 1 aromatic carbocycles. The van der Waals surface area contributed by atoms with Crippen LogP contribution in [0.3, 0.4) is 0 Å². The summed E-state index contributed by atoms with van der Waals surface area (Å²) < 4.78 is 7.57. The van der Waals surface area contributed by atoms with E-state index in [0.717, 1.165) is 42.0 Å². The van der Waals surface area contributed by atoms with E-state index in [4.69, 9.17) is 10.5 Å². The van der Waals surface area contributed by atoms with E-state index in [1.165, 1.54) is 0 Å². The molecule has 1 aliphatic rings. The summed E-state index contributed by atoms with van der Waals surface area (Å²) in [6.45, 7) is 1.02. The van der Waals surface area contributed by atoms with Gasteiger partial charge in [0.1, 0.15) is 11.3 Å². The maximum Gasteiger partial charge on any atom is 0.167 e. The van der Waals surface area contributed by atoms with Crippen molar-refractivity contribution in [2.45, 2.75) is 19.4 Å². The van der Waals surface area contributed by atoms with E-state index in [0.29, 0.717) is 5.69 Å². The first-order valence-corrected chi connectivity index (χ1v) is 5.13. The van der Waals surface area contributed by atoms with Gasteiger partial charge in [-0.3, -0.25) is 0 Å². The summed E-state index contributed by atoms with van der Waals surface area (Å²) in [6, 6.07) is 3.81. The van der Waals surface area contributed by atoms with Crippen molar-refractivity contribution in [3.05, 3.63) is 18.0 Å². The van der Waals surface area contributed by atoms with Crippen molar-refractivity contribution in [3.8, 4) is 5.75 Å². The summed E-state index contributed by atoms with van der Waals surface area (Å²) in [5, 5.41) is 0. The molecule has 0 radical (unpaired) electrons. The van der Waals surface area contributed by atoms with Gasteiger partial charge in [-0.05, 0) is 18.6 Å². The van der Waals surface area contributed by atoms with Crippen LogP contribution in [0.1, 0.15) is 12.2 Å². The highest BCUT2D eigenvalue weighted by molar-refractivity contribution is 5.88. The first kappa shape index (κ1) is 8.59. The molecule has 0 saturated carbocycles. The van der Waals surface area contributed by atoms with Crippen LogP contribution in [0.4, 0.5) is 5.69 Å². The predicted molar refractivity (Wildman–Crippen MR) is 59.0 cm³/mol. The Balaban J connectivity index is 2.41. The topological polar surface area (TPSA) is 53.1 Å². The number of anilines is 1. The fourth-order valence-corrected chi connectivity index (χ4v) is 2.30. The molecule has 4 heteroatoms. The van der Waals surface area contributed by atoms with Crippen LogP contribution >= 0.6 is 0 Å². The quantitative estimate of drug-likeness (QED) is 0.716. The second kappa shape index (κ2) is 2.89. The van der Waals surface area contributed by atoms with Crippen LogP contribution in [0.25, 0.3) is 11.0 Å². The molecule has 0 spiro atoms. The number of nitrogen functional groups attached to an aromatic ring is 1. The summed E-state index contributed by atoms with van der Waals surface area (Å²) in [5.41, 5.74) is 8.59. The SMILES string of the molecule is COc1c(N)ccc2nc3n(c12)CCC3. The summed E-state index contributed by atoms with van der Waals surface area (Å²) in [6.07, 6.45) is 2.22. The molecule has 1 aromatic heterocycles. The first-order valence-electron chi connectivity index (χ1n) is 5.13. The zero-order valence-electron chi connectivity index (χ0n) is 8.66. The molecule has 2 N–H and O–H groups in total. The van der Waals surface area contributed by atoms with Crippen LogP contribution in [0.15, 0.2) is 12.1 Å². The molecular formula is C11H13N3O. The minimum Gasteiger partial charge on any atom is -0.492 e. The second-order valence-electron chi connectivity index (χ2n) is 3.84. The number of hydrogen-bond donors (Lipinski definition) is 1. The van der Waals surface area contributed by atoms with Crippen molar-refractivity contribution in [3.63, 3.8) is 0 Å². The number of ether oxygens (including phenoxy) is 1. The number of nitrogens with two attached hydrogens (primary N) is 1. The third-order valence-electron chi connectivity index (χ3n) is 2.96. The van der Waals surface area contributed by atoms with Crippen molar-refractivity contribution in [1.82, 2.24) is 9.55 Å². The lowest BCUT2D eigenvalue weighted by Gasteiger charge is -2.07. The summed E-state index contributed by atoms with van der Waals surface area (Å²) >= 11 is 0. The van der Waals surface area contributed by atoms with Gasteiger partial charge in [-0.1, -0.05) is 0 Å². The summed E-state index contributed by atoms with van der Waals surface area (Å²) in [7, 11) is 1.65. The summed E-state index contributed by atoms with van der Waals surface area (Å²) in [4.78, 5) is 4.57. The van der Waals surface area contributed by atoms with Gasteiger partial charge in [0.05, 0.1) is 18.3 Å². The lowest BCUT2D eigenvalue weighted by atomic mass is 10.2. The number of hydrogen-bond acceptors (Lipinski definition) is 3. The maximum atomic E-state index is 5.88. The van der Waals surface area contributed by atoms with Gasteiger partial charge < -0.3 is 15.0 Å². The Morgan fingerprint density at radius 3 is 3.13 bits per heavy atom. The predicted octanol–water partition coefficient (Wildman–Crippen LogP) is 1.57. The molecule has 0 amide bonds. The minimum atomic E-state index is 0.680. The number of rotatable bonds is 1. The first-order chi connectivity index (χ1) is 7.31. The third-order valence-corrected chi connectivity index (χ3v) is 2.96. The van der Waals surface area contributed by atoms with Crippen molar-refractivity contribution in [2.75, 3.05) is 12.8 Å². The number of aromatic nitrogens is 2. The van der Waals surface area contributed by atoms with Gasteiger partial charge in [-0.15, -0.1) is 0 Å². The number of methoxy groups -OCH3 is 1. The maximum absolute atomic E-state index is 5.88. The molecule has 0 fully saturated rings. The molecule has 0 unspecified atom stereocenters. The van der Waals surface area contributed by atoms with Gasteiger partial charge in [0.15, 0.2) is 5.75 Å². The van der Waals surface area contributed by atoms with Gasteiger partial charge >= 0.3 is 0 Å². The molecule has 0 saturated heterocycles. The molecule has 15 heavy (non-hydrogen) atoms. The Hall–Kier alpha value is -1.71. The van der Waals surface area contributed by atoms with Crippen molar-refractivity contribution < 1.29 is 4.74 Å². The smallest absolute Gasteiger partial charge is 0.167 e. The molecular weight excluding hydrogens is 190 g/mol. The van der Waals surface area contributed by atoms with E-state index in [2.05, 4.69) is 9.55 Å². The van der Waals surface area contributed by atoms with Crippen molar-refractivity contribution in [1.29, 1.82) is 0 Å². The molecule has 2 heterocycles. The zero-order valence-corrected chi connectivity index (χ0v) is 8.66. The van der Waals surface area contributed by atoms with Crippen molar-refractivity contribution in [2.24, 2.45) is 0 Å². The normalized spacial score (nSPS) is 14.5. The van der Waals surface area contributed by atoms with Crippen LogP contribution in [-0.4, -0.2) is 16.7 Å². The van der Waals surface area contributed by atoms with Crippen LogP contribution < -0.4 is 10.5 Å². The molecule has 2 aromatic rings. The monoisotopic (exact) mass is 203 g/mol.